The van der Waals surface area contributed by atoms with Crippen molar-refractivity contribution in [2.45, 2.75) is 6.92 Å². The van der Waals surface area contributed by atoms with Crippen molar-refractivity contribution in [3.8, 4) is 5.75 Å². The van der Waals surface area contributed by atoms with Crippen molar-refractivity contribution in [3.63, 3.8) is 0 Å². The fourth-order valence-corrected chi connectivity index (χ4v) is 2.38. The second-order valence-corrected chi connectivity index (χ2v) is 5.06. The number of rotatable bonds is 3. The van der Waals surface area contributed by atoms with E-state index in [1.54, 1.807) is 6.07 Å². The summed E-state index contributed by atoms with van der Waals surface area (Å²) < 4.78 is 0. The van der Waals surface area contributed by atoms with Crippen LogP contribution < -0.4 is 0 Å². The van der Waals surface area contributed by atoms with Crippen LogP contribution in [0.1, 0.15) is 30.5 Å². The molecule has 5 heteroatoms. The van der Waals surface area contributed by atoms with Crippen molar-refractivity contribution in [1.82, 2.24) is 0 Å². The van der Waals surface area contributed by atoms with Gasteiger partial charge in [0, 0.05) is 10.4 Å². The standard InChI is InChI=1S/C13H10O4S/c1-7-2-5-11(18-7)12(15)8-3-4-10(14)9(6-8)13(16)17/h2-6,14H,1H3,(H,16,17). The zero-order valence-corrected chi connectivity index (χ0v) is 10.3. The summed E-state index contributed by atoms with van der Waals surface area (Å²) in [6.07, 6.45) is 0. The minimum Gasteiger partial charge on any atom is -0.507 e. The van der Waals surface area contributed by atoms with Crippen molar-refractivity contribution < 1.29 is 19.8 Å². The van der Waals surface area contributed by atoms with E-state index in [1.807, 2.05) is 13.0 Å². The Hall–Kier alpha value is -2.14. The van der Waals surface area contributed by atoms with E-state index in [9.17, 15) is 14.7 Å². The van der Waals surface area contributed by atoms with E-state index in [4.69, 9.17) is 5.11 Å². The van der Waals surface area contributed by atoms with Crippen molar-refractivity contribution in [3.05, 3.63) is 51.2 Å². The summed E-state index contributed by atoms with van der Waals surface area (Å²) in [5.41, 5.74) is -0.0128. The van der Waals surface area contributed by atoms with Crippen molar-refractivity contribution in [2.24, 2.45) is 0 Å². The average Bonchev–Trinajstić information content (AvgIpc) is 2.75. The zero-order valence-electron chi connectivity index (χ0n) is 9.51. The van der Waals surface area contributed by atoms with E-state index in [0.717, 1.165) is 4.88 Å². The van der Waals surface area contributed by atoms with E-state index in [0.29, 0.717) is 4.88 Å². The Balaban J connectivity index is 2.43. The van der Waals surface area contributed by atoms with Crippen molar-refractivity contribution in [1.29, 1.82) is 0 Å². The second kappa shape index (κ2) is 4.62. The molecule has 0 spiro atoms. The Labute approximate surface area is 107 Å². The molecule has 0 aliphatic rings. The molecule has 0 saturated heterocycles. The predicted molar refractivity (Wildman–Crippen MR) is 67.6 cm³/mol. The number of ketones is 1. The van der Waals surface area contributed by atoms with Crippen LogP contribution in [0.4, 0.5) is 0 Å². The van der Waals surface area contributed by atoms with Crippen LogP contribution in [0.15, 0.2) is 30.3 Å². The fraction of sp³-hybridized carbons (Fsp3) is 0.0769. The minimum atomic E-state index is -1.26. The lowest BCUT2D eigenvalue weighted by molar-refractivity contribution is 0.0693. The number of hydrogen-bond donors (Lipinski definition) is 2. The maximum absolute atomic E-state index is 12.1. The van der Waals surface area contributed by atoms with Gasteiger partial charge in [0.15, 0.2) is 0 Å². The Morgan fingerprint density at radius 2 is 1.89 bits per heavy atom. The number of benzene rings is 1. The third-order valence-electron chi connectivity index (χ3n) is 2.45. The van der Waals surface area contributed by atoms with Crippen LogP contribution in [0, 0.1) is 6.92 Å². The second-order valence-electron chi connectivity index (χ2n) is 3.78. The molecular weight excluding hydrogens is 252 g/mol. The Morgan fingerprint density at radius 1 is 1.17 bits per heavy atom. The molecule has 18 heavy (non-hydrogen) atoms. The van der Waals surface area contributed by atoms with Gasteiger partial charge in [-0.3, -0.25) is 4.79 Å². The number of aromatic carboxylic acids is 1. The number of hydrogen-bond acceptors (Lipinski definition) is 4. The third-order valence-corrected chi connectivity index (χ3v) is 3.45. The summed E-state index contributed by atoms with van der Waals surface area (Å²) in [7, 11) is 0. The molecule has 92 valence electrons. The molecule has 4 nitrogen and oxygen atoms in total. The molecule has 0 aliphatic carbocycles. The Kier molecular flexibility index (Phi) is 3.16. The van der Waals surface area contributed by atoms with Crippen molar-refractivity contribution in [2.75, 3.05) is 0 Å². The molecule has 1 aromatic heterocycles. The highest BCUT2D eigenvalue weighted by Gasteiger charge is 2.16. The molecule has 2 N–H and O–H groups in total. The van der Waals surface area contributed by atoms with Gasteiger partial charge in [-0.2, -0.15) is 0 Å². The molecule has 2 rings (SSSR count). The summed E-state index contributed by atoms with van der Waals surface area (Å²) in [6, 6.07) is 7.36. The monoisotopic (exact) mass is 262 g/mol. The molecule has 0 atom stereocenters. The normalized spacial score (nSPS) is 10.3. The Morgan fingerprint density at radius 3 is 2.44 bits per heavy atom. The summed E-state index contributed by atoms with van der Waals surface area (Å²) in [5.74, 6) is -1.85. The number of thiophene rings is 1. The van der Waals surface area contributed by atoms with E-state index in [-0.39, 0.29) is 22.7 Å². The lowest BCUT2D eigenvalue weighted by Gasteiger charge is -2.02. The molecule has 2 aromatic rings. The smallest absolute Gasteiger partial charge is 0.339 e. The molecule has 0 bridgehead atoms. The van der Waals surface area contributed by atoms with Crippen LogP contribution in [0.3, 0.4) is 0 Å². The molecule has 0 saturated carbocycles. The molecule has 0 radical (unpaired) electrons. The van der Waals surface area contributed by atoms with Crippen LogP contribution in [-0.2, 0) is 0 Å². The van der Waals surface area contributed by atoms with E-state index in [1.165, 1.54) is 29.5 Å². The third kappa shape index (κ3) is 2.26. The number of carbonyl (C=O) groups excluding carboxylic acids is 1. The first-order chi connectivity index (χ1) is 8.49. The largest absolute Gasteiger partial charge is 0.507 e. The topological polar surface area (TPSA) is 74.6 Å². The quantitative estimate of drug-likeness (QED) is 0.834. The van der Waals surface area contributed by atoms with Gasteiger partial charge >= 0.3 is 5.97 Å². The van der Waals surface area contributed by atoms with Gasteiger partial charge in [0.2, 0.25) is 5.78 Å². The minimum absolute atomic E-state index is 0.240. The predicted octanol–water partition coefficient (Wildman–Crippen LogP) is 2.69. The van der Waals surface area contributed by atoms with Gasteiger partial charge in [-0.1, -0.05) is 0 Å². The van der Waals surface area contributed by atoms with E-state index < -0.39 is 5.97 Å². The molecule has 0 amide bonds. The number of aromatic hydroxyl groups is 1. The lowest BCUT2D eigenvalue weighted by Crippen LogP contribution is -2.03. The highest BCUT2D eigenvalue weighted by Crippen LogP contribution is 2.23. The number of carboxylic acids is 1. The first-order valence-corrected chi connectivity index (χ1v) is 5.98. The van der Waals surface area contributed by atoms with Crippen LogP contribution in [0.5, 0.6) is 5.75 Å². The number of aryl methyl sites for hydroxylation is 1. The van der Waals surface area contributed by atoms with Gasteiger partial charge in [0.1, 0.15) is 11.3 Å². The van der Waals surface area contributed by atoms with Gasteiger partial charge in [0.25, 0.3) is 0 Å². The maximum Gasteiger partial charge on any atom is 0.339 e. The SMILES string of the molecule is Cc1ccc(C(=O)c2ccc(O)c(C(=O)O)c2)s1. The van der Waals surface area contributed by atoms with Gasteiger partial charge < -0.3 is 10.2 Å². The lowest BCUT2D eigenvalue weighted by atomic mass is 10.1. The molecular formula is C13H10O4S. The summed E-state index contributed by atoms with van der Waals surface area (Å²) in [6.45, 7) is 1.89. The maximum atomic E-state index is 12.1. The van der Waals surface area contributed by atoms with E-state index in [2.05, 4.69) is 0 Å². The molecule has 1 heterocycles. The number of carbonyl (C=O) groups is 2. The van der Waals surface area contributed by atoms with Crippen LogP contribution in [0.25, 0.3) is 0 Å². The summed E-state index contributed by atoms with van der Waals surface area (Å²) in [4.78, 5) is 24.5. The molecule has 0 unspecified atom stereocenters. The van der Waals surface area contributed by atoms with Crippen LogP contribution in [0.2, 0.25) is 0 Å². The van der Waals surface area contributed by atoms with Gasteiger partial charge in [-0.15, -0.1) is 11.3 Å². The van der Waals surface area contributed by atoms with Crippen LogP contribution >= 0.6 is 11.3 Å². The van der Waals surface area contributed by atoms with Crippen LogP contribution in [-0.4, -0.2) is 22.0 Å². The first kappa shape index (κ1) is 12.3. The highest BCUT2D eigenvalue weighted by molar-refractivity contribution is 7.14. The summed E-state index contributed by atoms with van der Waals surface area (Å²) >= 11 is 1.35. The molecule has 0 aliphatic heterocycles. The van der Waals surface area contributed by atoms with E-state index >= 15 is 0 Å². The number of carboxylic acid groups (broad SMARTS) is 1. The highest BCUT2D eigenvalue weighted by atomic mass is 32.1. The zero-order chi connectivity index (χ0) is 13.3. The Bertz CT molecular complexity index is 628. The van der Waals surface area contributed by atoms with Gasteiger partial charge in [-0.05, 0) is 37.3 Å². The van der Waals surface area contributed by atoms with Gasteiger partial charge in [-0.25, -0.2) is 4.79 Å². The fourth-order valence-electron chi connectivity index (χ4n) is 1.55. The summed E-state index contributed by atoms with van der Waals surface area (Å²) in [5, 5.41) is 18.3. The average molecular weight is 262 g/mol. The first-order valence-electron chi connectivity index (χ1n) is 5.16. The molecule has 0 fully saturated rings. The van der Waals surface area contributed by atoms with Gasteiger partial charge in [0.05, 0.1) is 4.88 Å². The number of phenols is 1. The molecule has 1 aromatic carbocycles. The van der Waals surface area contributed by atoms with Crippen molar-refractivity contribution >= 4 is 23.1 Å².